The Balaban J connectivity index is 2.03. The van der Waals surface area contributed by atoms with E-state index in [4.69, 9.17) is 4.74 Å². The number of rotatable bonds is 3. The first-order valence-electron chi connectivity index (χ1n) is 8.89. The minimum Gasteiger partial charge on any atom is -0.354 e. The zero-order chi connectivity index (χ0) is 19.2. The molecule has 2 aromatic heterocycles. The van der Waals surface area contributed by atoms with Crippen molar-refractivity contribution in [2.75, 3.05) is 5.32 Å². The number of aromatic amines is 1. The summed E-state index contributed by atoms with van der Waals surface area (Å²) < 4.78 is 8.90. The molecule has 1 aliphatic rings. The summed E-state index contributed by atoms with van der Waals surface area (Å²) in [6, 6.07) is 0. The molecule has 26 heavy (non-hydrogen) atoms. The molecule has 0 spiro atoms. The third-order valence-electron chi connectivity index (χ3n) is 4.80. The van der Waals surface area contributed by atoms with Gasteiger partial charge in [-0.25, -0.2) is 0 Å². The predicted octanol–water partition coefficient (Wildman–Crippen LogP) is 3.65. The quantitative estimate of drug-likeness (QED) is 0.668. The van der Waals surface area contributed by atoms with E-state index in [1.807, 2.05) is 31.5 Å². The van der Waals surface area contributed by atoms with Crippen LogP contribution in [0.3, 0.4) is 0 Å². The van der Waals surface area contributed by atoms with E-state index < -0.39 is 5.41 Å². The van der Waals surface area contributed by atoms with Crippen molar-refractivity contribution in [2.24, 2.45) is 11.3 Å². The van der Waals surface area contributed by atoms with Gasteiger partial charge in [0.05, 0.1) is 11.5 Å². The number of nitrogens with zero attached hydrogens (tertiary/aromatic N) is 2. The second kappa shape index (κ2) is 6.95. The van der Waals surface area contributed by atoms with Crippen molar-refractivity contribution >= 4 is 45.5 Å². The van der Waals surface area contributed by atoms with E-state index >= 15 is 0 Å². The number of amides is 1. The van der Waals surface area contributed by atoms with E-state index in [1.54, 1.807) is 0 Å². The maximum Gasteiger partial charge on any atom is 0.262 e. The fraction of sp³-hybridized carbons (Fsp3) is 0.611. The summed E-state index contributed by atoms with van der Waals surface area (Å²) >= 11 is 2.14. The number of aromatic nitrogens is 3. The van der Waals surface area contributed by atoms with Crippen LogP contribution in [0.5, 0.6) is 0 Å². The molecule has 0 aromatic carbocycles. The summed E-state index contributed by atoms with van der Waals surface area (Å²) in [5.74, 6) is 0.406. The highest BCUT2D eigenvalue weighted by molar-refractivity contribution is 14.1. The van der Waals surface area contributed by atoms with E-state index in [9.17, 15) is 9.59 Å². The summed E-state index contributed by atoms with van der Waals surface area (Å²) in [5, 5.41) is 3.23. The molecule has 8 heteroatoms. The lowest BCUT2D eigenvalue weighted by Gasteiger charge is -2.17. The fourth-order valence-electron chi connectivity index (χ4n) is 3.22. The van der Waals surface area contributed by atoms with E-state index in [1.165, 1.54) is 0 Å². The standard InChI is InChI=1S/C18H25IN4O3/c1-6-11-9(2)7-12(26-11)23-8-10(19)13-14(23)20-17(21-15(13)24)22-16(25)18(3,4)5/h8-9,11-12H,6-7H2,1-5H3,(H2,20,21,22,24,25)/t9-,11-,12-/m1/s1. The third-order valence-corrected chi connectivity index (χ3v) is 5.62. The largest absolute Gasteiger partial charge is 0.354 e. The van der Waals surface area contributed by atoms with E-state index in [2.05, 4.69) is 51.7 Å². The van der Waals surface area contributed by atoms with Crippen molar-refractivity contribution in [2.45, 2.75) is 59.8 Å². The molecular weight excluding hydrogens is 447 g/mol. The highest BCUT2D eigenvalue weighted by Gasteiger charge is 2.33. The van der Waals surface area contributed by atoms with Crippen molar-refractivity contribution < 1.29 is 9.53 Å². The van der Waals surface area contributed by atoms with Crippen molar-refractivity contribution in [1.82, 2.24) is 14.5 Å². The lowest BCUT2D eigenvalue weighted by atomic mass is 9.96. The average Bonchev–Trinajstić information content (AvgIpc) is 3.06. The number of nitrogens with one attached hydrogen (secondary N) is 2. The van der Waals surface area contributed by atoms with Gasteiger partial charge in [-0.05, 0) is 41.4 Å². The number of hydrogen-bond donors (Lipinski definition) is 2. The number of ether oxygens (including phenoxy) is 1. The van der Waals surface area contributed by atoms with Gasteiger partial charge in [0.25, 0.3) is 5.56 Å². The SMILES string of the molecule is CC[C@H]1O[C@@H](n2cc(I)c3c(=O)[nH]c(NC(=O)C(C)(C)C)nc32)C[C@H]1C. The van der Waals surface area contributed by atoms with Crippen LogP contribution in [0.4, 0.5) is 5.95 Å². The van der Waals surface area contributed by atoms with Crippen LogP contribution < -0.4 is 10.9 Å². The Morgan fingerprint density at radius 3 is 2.77 bits per heavy atom. The Bertz CT molecular complexity index is 896. The molecule has 0 aliphatic carbocycles. The van der Waals surface area contributed by atoms with Crippen molar-refractivity contribution in [3.05, 3.63) is 20.1 Å². The zero-order valence-electron chi connectivity index (χ0n) is 15.7. The number of carbonyl (C=O) groups excluding carboxylic acids is 1. The monoisotopic (exact) mass is 472 g/mol. The molecule has 0 radical (unpaired) electrons. The maximum atomic E-state index is 12.6. The molecule has 1 amide bonds. The van der Waals surface area contributed by atoms with Gasteiger partial charge >= 0.3 is 0 Å². The molecule has 1 aliphatic heterocycles. The summed E-state index contributed by atoms with van der Waals surface area (Å²) in [7, 11) is 0. The molecule has 2 N–H and O–H groups in total. The Morgan fingerprint density at radius 2 is 2.19 bits per heavy atom. The number of anilines is 1. The Labute approximate surface area is 166 Å². The first-order chi connectivity index (χ1) is 12.1. The minimum absolute atomic E-state index is 0.151. The van der Waals surface area contributed by atoms with E-state index in [0.717, 1.165) is 16.4 Å². The number of hydrogen-bond acceptors (Lipinski definition) is 4. The topological polar surface area (TPSA) is 89.0 Å². The second-order valence-corrected chi connectivity index (χ2v) is 9.11. The van der Waals surface area contributed by atoms with Crippen LogP contribution in [0.1, 0.15) is 53.7 Å². The number of carbonyl (C=O) groups is 1. The predicted molar refractivity (Wildman–Crippen MR) is 109 cm³/mol. The smallest absolute Gasteiger partial charge is 0.262 e. The Hall–Kier alpha value is -1.42. The van der Waals surface area contributed by atoms with Gasteiger partial charge in [0, 0.05) is 15.2 Å². The maximum absolute atomic E-state index is 12.6. The molecular formula is C18H25IN4O3. The van der Waals surface area contributed by atoms with Crippen LogP contribution in [0.25, 0.3) is 11.0 Å². The fourth-order valence-corrected chi connectivity index (χ4v) is 4.01. The van der Waals surface area contributed by atoms with Gasteiger partial charge in [0.2, 0.25) is 11.9 Å². The third kappa shape index (κ3) is 3.53. The molecule has 142 valence electrons. The zero-order valence-corrected chi connectivity index (χ0v) is 17.9. The van der Waals surface area contributed by atoms with Gasteiger partial charge < -0.3 is 9.30 Å². The van der Waals surface area contributed by atoms with Gasteiger partial charge in [-0.15, -0.1) is 0 Å². The Morgan fingerprint density at radius 1 is 1.50 bits per heavy atom. The van der Waals surface area contributed by atoms with Gasteiger partial charge in [0.1, 0.15) is 6.23 Å². The summed E-state index contributed by atoms with van der Waals surface area (Å²) in [4.78, 5) is 32.0. The molecule has 3 rings (SSSR count). The lowest BCUT2D eigenvalue weighted by molar-refractivity contribution is -0.123. The molecule has 3 heterocycles. The van der Waals surface area contributed by atoms with Crippen LogP contribution in [0.2, 0.25) is 0 Å². The first kappa shape index (κ1) is 19.3. The lowest BCUT2D eigenvalue weighted by Crippen LogP contribution is -2.29. The summed E-state index contributed by atoms with van der Waals surface area (Å²) in [6.45, 7) is 9.72. The number of H-pyrrole nitrogens is 1. The van der Waals surface area contributed by atoms with Gasteiger partial charge in [-0.1, -0.05) is 34.6 Å². The highest BCUT2D eigenvalue weighted by atomic mass is 127. The van der Waals surface area contributed by atoms with E-state index in [-0.39, 0.29) is 29.7 Å². The van der Waals surface area contributed by atoms with E-state index in [0.29, 0.717) is 17.0 Å². The highest BCUT2D eigenvalue weighted by Crippen LogP contribution is 2.37. The molecule has 0 unspecified atom stereocenters. The molecule has 7 nitrogen and oxygen atoms in total. The van der Waals surface area contributed by atoms with Gasteiger partial charge in [-0.2, -0.15) is 4.98 Å². The van der Waals surface area contributed by atoms with Crippen LogP contribution in [-0.2, 0) is 9.53 Å². The number of fused-ring (bicyclic) bond motifs is 1. The van der Waals surface area contributed by atoms with Crippen molar-refractivity contribution in [3.63, 3.8) is 0 Å². The van der Waals surface area contributed by atoms with Crippen molar-refractivity contribution in [3.8, 4) is 0 Å². The van der Waals surface area contributed by atoms with Crippen molar-refractivity contribution in [1.29, 1.82) is 0 Å². The first-order valence-corrected chi connectivity index (χ1v) is 9.97. The molecule has 2 aromatic rings. The minimum atomic E-state index is -0.581. The molecule has 0 bridgehead atoms. The van der Waals surface area contributed by atoms with Gasteiger partial charge in [0.15, 0.2) is 5.65 Å². The Kier molecular flexibility index (Phi) is 5.17. The molecule has 0 saturated carbocycles. The second-order valence-electron chi connectivity index (χ2n) is 7.95. The molecule has 1 fully saturated rings. The van der Waals surface area contributed by atoms with Crippen LogP contribution in [0, 0.1) is 14.9 Å². The summed E-state index contributed by atoms with van der Waals surface area (Å²) in [5.41, 5.74) is -0.306. The van der Waals surface area contributed by atoms with Crippen LogP contribution in [-0.4, -0.2) is 26.5 Å². The van der Waals surface area contributed by atoms with Gasteiger partial charge in [-0.3, -0.25) is 19.9 Å². The van der Waals surface area contributed by atoms with Crippen LogP contribution >= 0.6 is 22.6 Å². The number of halogens is 1. The van der Waals surface area contributed by atoms with Crippen LogP contribution in [0.15, 0.2) is 11.0 Å². The average molecular weight is 472 g/mol. The normalized spacial score (nSPS) is 23.5. The molecule has 1 saturated heterocycles. The molecule has 3 atom stereocenters. The summed E-state index contributed by atoms with van der Waals surface area (Å²) in [6.07, 6.45) is 3.78.